The van der Waals surface area contributed by atoms with Gasteiger partial charge in [0.05, 0.1) is 6.20 Å². The van der Waals surface area contributed by atoms with Crippen molar-refractivity contribution in [2.24, 2.45) is 5.73 Å². The zero-order valence-electron chi connectivity index (χ0n) is 12.8. The molecular formula is C18H16N4OS. The molecule has 0 radical (unpaired) electrons. The molecule has 1 heterocycles. The Kier molecular flexibility index (Phi) is 4.67. The normalized spacial score (nSPS) is 10.3. The summed E-state index contributed by atoms with van der Waals surface area (Å²) >= 11 is 1.37. The highest BCUT2D eigenvalue weighted by molar-refractivity contribution is 7.16. The minimum Gasteiger partial charge on any atom is -0.384 e. The molecule has 0 spiro atoms. The van der Waals surface area contributed by atoms with Crippen molar-refractivity contribution in [1.82, 2.24) is 10.3 Å². The average molecular weight is 336 g/mol. The van der Waals surface area contributed by atoms with Crippen molar-refractivity contribution in [1.29, 1.82) is 5.41 Å². The number of carbonyl (C=O) groups excluding carboxylic acids is 1. The lowest BCUT2D eigenvalue weighted by molar-refractivity contribution is 0.0955. The van der Waals surface area contributed by atoms with Crippen molar-refractivity contribution in [3.63, 3.8) is 0 Å². The molecule has 0 bridgehead atoms. The van der Waals surface area contributed by atoms with Crippen LogP contribution in [-0.2, 0) is 6.54 Å². The van der Waals surface area contributed by atoms with Crippen LogP contribution in [0.2, 0.25) is 0 Å². The number of amides is 1. The van der Waals surface area contributed by atoms with Crippen molar-refractivity contribution in [3.8, 4) is 10.6 Å². The Bertz CT molecular complexity index is 856. The van der Waals surface area contributed by atoms with Crippen molar-refractivity contribution in [3.05, 3.63) is 76.8 Å². The van der Waals surface area contributed by atoms with Crippen molar-refractivity contribution in [2.75, 3.05) is 0 Å². The number of rotatable bonds is 5. The highest BCUT2D eigenvalue weighted by Gasteiger charge is 2.11. The molecule has 0 atom stereocenters. The predicted octanol–water partition coefficient (Wildman–Crippen LogP) is 3.02. The number of benzene rings is 2. The first kappa shape index (κ1) is 15.9. The molecule has 1 amide bonds. The van der Waals surface area contributed by atoms with Crippen LogP contribution in [0.5, 0.6) is 0 Å². The largest absolute Gasteiger partial charge is 0.384 e. The van der Waals surface area contributed by atoms with Crippen molar-refractivity contribution in [2.45, 2.75) is 6.54 Å². The zero-order chi connectivity index (χ0) is 16.9. The van der Waals surface area contributed by atoms with Gasteiger partial charge in [0.1, 0.15) is 15.7 Å². The highest BCUT2D eigenvalue weighted by Crippen LogP contribution is 2.24. The summed E-state index contributed by atoms with van der Waals surface area (Å²) in [6.07, 6.45) is 1.60. The van der Waals surface area contributed by atoms with E-state index in [4.69, 9.17) is 11.1 Å². The third-order valence-corrected chi connectivity index (χ3v) is 4.51. The number of aromatic nitrogens is 1. The van der Waals surface area contributed by atoms with Crippen molar-refractivity contribution >= 4 is 23.1 Å². The summed E-state index contributed by atoms with van der Waals surface area (Å²) in [6, 6.07) is 17.0. The summed E-state index contributed by atoms with van der Waals surface area (Å²) in [6.45, 7) is 0.412. The first-order valence-corrected chi connectivity index (χ1v) is 8.18. The van der Waals surface area contributed by atoms with Gasteiger partial charge < -0.3 is 11.1 Å². The smallest absolute Gasteiger partial charge is 0.263 e. The van der Waals surface area contributed by atoms with Crippen LogP contribution in [0.25, 0.3) is 10.6 Å². The Morgan fingerprint density at radius 2 is 1.83 bits per heavy atom. The summed E-state index contributed by atoms with van der Waals surface area (Å²) in [4.78, 5) is 17.1. The lowest BCUT2D eigenvalue weighted by Gasteiger charge is -2.05. The number of nitrogens with one attached hydrogen (secondary N) is 2. The summed E-state index contributed by atoms with van der Waals surface area (Å²) in [5.74, 6) is -0.117. The van der Waals surface area contributed by atoms with Crippen LogP contribution in [0, 0.1) is 5.41 Å². The van der Waals surface area contributed by atoms with E-state index in [1.807, 2.05) is 42.5 Å². The maximum absolute atomic E-state index is 12.2. The van der Waals surface area contributed by atoms with Gasteiger partial charge in [0.15, 0.2) is 0 Å². The number of nitrogens with zero attached hydrogens (tertiary/aromatic N) is 1. The number of thiazole rings is 1. The Hall–Kier alpha value is -2.99. The molecule has 0 saturated carbocycles. The second-order valence-electron chi connectivity index (χ2n) is 5.19. The second kappa shape index (κ2) is 7.06. The fourth-order valence-corrected chi connectivity index (χ4v) is 3.00. The molecule has 0 saturated heterocycles. The molecule has 6 heteroatoms. The fraction of sp³-hybridized carbons (Fsp3) is 0.0556. The van der Waals surface area contributed by atoms with Gasteiger partial charge in [-0.15, -0.1) is 11.3 Å². The van der Waals surface area contributed by atoms with Crippen LogP contribution in [0.4, 0.5) is 0 Å². The number of hydrogen-bond acceptors (Lipinski definition) is 4. The Morgan fingerprint density at radius 3 is 2.50 bits per heavy atom. The minimum atomic E-state index is -0.148. The van der Waals surface area contributed by atoms with Gasteiger partial charge in [-0.25, -0.2) is 4.98 Å². The number of nitrogens with two attached hydrogens (primary N) is 1. The molecule has 1 aromatic heterocycles. The van der Waals surface area contributed by atoms with E-state index in [9.17, 15) is 4.79 Å². The van der Waals surface area contributed by atoms with Gasteiger partial charge >= 0.3 is 0 Å². The third kappa shape index (κ3) is 3.67. The number of nitrogen functional groups attached to an aromatic ring is 1. The molecule has 0 unspecified atom stereocenters. The second-order valence-corrected chi connectivity index (χ2v) is 6.22. The van der Waals surface area contributed by atoms with Gasteiger partial charge in [0.2, 0.25) is 0 Å². The standard InChI is InChI=1S/C18H16N4OS/c19-16(20)13-8-6-12(7-9-13)10-21-17(23)15-11-22-18(24-15)14-4-2-1-3-5-14/h1-9,11H,10H2,(H3,19,20)(H,21,23). The zero-order valence-corrected chi connectivity index (χ0v) is 13.6. The van der Waals surface area contributed by atoms with Gasteiger partial charge in [-0.05, 0) is 5.56 Å². The van der Waals surface area contributed by atoms with E-state index in [0.29, 0.717) is 17.0 Å². The van der Waals surface area contributed by atoms with Gasteiger partial charge in [-0.1, -0.05) is 54.6 Å². The highest BCUT2D eigenvalue weighted by atomic mass is 32.1. The molecule has 2 aromatic carbocycles. The van der Waals surface area contributed by atoms with E-state index in [-0.39, 0.29) is 11.7 Å². The van der Waals surface area contributed by atoms with Gasteiger partial charge in [0, 0.05) is 17.7 Å². The number of hydrogen-bond donors (Lipinski definition) is 3. The van der Waals surface area contributed by atoms with E-state index in [1.54, 1.807) is 18.3 Å². The first-order chi connectivity index (χ1) is 11.6. The Morgan fingerprint density at radius 1 is 1.12 bits per heavy atom. The quantitative estimate of drug-likeness (QED) is 0.494. The van der Waals surface area contributed by atoms with E-state index >= 15 is 0 Å². The molecule has 0 aliphatic carbocycles. The Balaban J connectivity index is 1.63. The van der Waals surface area contributed by atoms with E-state index < -0.39 is 0 Å². The van der Waals surface area contributed by atoms with Gasteiger partial charge in [-0.2, -0.15) is 0 Å². The topological polar surface area (TPSA) is 91.9 Å². The summed E-state index contributed by atoms with van der Waals surface area (Å²) in [7, 11) is 0. The maximum Gasteiger partial charge on any atom is 0.263 e. The van der Waals surface area contributed by atoms with Crippen LogP contribution in [0.15, 0.2) is 60.8 Å². The minimum absolute atomic E-state index is 0.0312. The average Bonchev–Trinajstić information content (AvgIpc) is 3.11. The van der Waals surface area contributed by atoms with E-state index in [1.165, 1.54) is 11.3 Å². The van der Waals surface area contributed by atoms with Crippen molar-refractivity contribution < 1.29 is 4.79 Å². The molecule has 0 aliphatic heterocycles. The molecule has 4 N–H and O–H groups in total. The molecule has 3 rings (SSSR count). The molecule has 120 valence electrons. The monoisotopic (exact) mass is 336 g/mol. The lowest BCUT2D eigenvalue weighted by atomic mass is 10.1. The number of carbonyl (C=O) groups is 1. The van der Waals surface area contributed by atoms with Crippen LogP contribution in [-0.4, -0.2) is 16.7 Å². The SMILES string of the molecule is N=C(N)c1ccc(CNC(=O)c2cnc(-c3ccccc3)s2)cc1. The van der Waals surface area contributed by atoms with Crippen LogP contribution in [0.3, 0.4) is 0 Å². The van der Waals surface area contributed by atoms with Crippen LogP contribution >= 0.6 is 11.3 Å². The molecule has 3 aromatic rings. The lowest BCUT2D eigenvalue weighted by Crippen LogP contribution is -2.21. The molecular weight excluding hydrogens is 320 g/mol. The molecule has 0 fully saturated rings. The molecule has 0 aliphatic rings. The molecule has 5 nitrogen and oxygen atoms in total. The fourth-order valence-electron chi connectivity index (χ4n) is 2.16. The van der Waals surface area contributed by atoms with E-state index in [0.717, 1.165) is 16.1 Å². The maximum atomic E-state index is 12.2. The van der Waals surface area contributed by atoms with Gasteiger partial charge in [-0.3, -0.25) is 10.2 Å². The third-order valence-electron chi connectivity index (χ3n) is 3.47. The summed E-state index contributed by atoms with van der Waals surface area (Å²) in [5, 5.41) is 11.1. The molecule has 24 heavy (non-hydrogen) atoms. The first-order valence-electron chi connectivity index (χ1n) is 7.36. The summed E-state index contributed by atoms with van der Waals surface area (Å²) < 4.78 is 0. The van der Waals surface area contributed by atoms with E-state index in [2.05, 4.69) is 10.3 Å². The predicted molar refractivity (Wildman–Crippen MR) is 96.2 cm³/mol. The van der Waals surface area contributed by atoms with Crippen LogP contribution < -0.4 is 11.1 Å². The van der Waals surface area contributed by atoms with Gasteiger partial charge in [0.25, 0.3) is 5.91 Å². The Labute approximate surface area is 143 Å². The number of amidine groups is 1. The summed E-state index contributed by atoms with van der Waals surface area (Å²) in [5.41, 5.74) is 8.03. The van der Waals surface area contributed by atoms with Crippen LogP contribution in [0.1, 0.15) is 20.8 Å².